The molecule has 11 heavy (non-hydrogen) atoms. The van der Waals surface area contributed by atoms with Crippen LogP contribution in [-0.4, -0.2) is 10.2 Å². The lowest BCUT2D eigenvalue weighted by atomic mass is 10.1. The Balaban J connectivity index is 3.27. The molecular formula is C10H11Si. The lowest BCUT2D eigenvalue weighted by molar-refractivity contribution is 1.49. The quantitative estimate of drug-likeness (QED) is 0.548. The molecule has 1 rings (SSSR count). The molecule has 0 amide bonds. The van der Waals surface area contributed by atoms with Gasteiger partial charge in [0.25, 0.3) is 0 Å². The standard InChI is InChI=1S/C10H11Si/c1-7(2)9-6-4-5-8(3)10(9)11/h4-6H,1H2,2-3H3. The number of hydrogen-bond acceptors (Lipinski definition) is 0. The zero-order valence-corrected chi connectivity index (χ0v) is 7.94. The molecule has 0 bridgehead atoms. The van der Waals surface area contributed by atoms with Gasteiger partial charge in [-0.2, -0.15) is 0 Å². The van der Waals surface area contributed by atoms with E-state index in [1.54, 1.807) is 0 Å². The van der Waals surface area contributed by atoms with Crippen LogP contribution in [0.25, 0.3) is 5.57 Å². The lowest BCUT2D eigenvalue weighted by Crippen LogP contribution is -2.12. The molecule has 0 nitrogen and oxygen atoms in total. The molecule has 0 heterocycles. The molecule has 0 N–H and O–H groups in total. The van der Waals surface area contributed by atoms with Gasteiger partial charge in [0.15, 0.2) is 0 Å². The average Bonchev–Trinajstić information content (AvgIpc) is 1.94. The second-order valence-electron chi connectivity index (χ2n) is 2.78. The molecule has 0 spiro atoms. The van der Waals surface area contributed by atoms with Crippen molar-refractivity contribution < 1.29 is 0 Å². The van der Waals surface area contributed by atoms with Gasteiger partial charge in [0.1, 0.15) is 0 Å². The minimum absolute atomic E-state index is 1.10. The van der Waals surface area contributed by atoms with E-state index in [4.69, 9.17) is 0 Å². The molecule has 0 aromatic heterocycles. The monoisotopic (exact) mass is 159 g/mol. The van der Waals surface area contributed by atoms with Gasteiger partial charge in [0.2, 0.25) is 0 Å². The number of allylic oxidation sites excluding steroid dienone is 1. The normalized spacial score (nSPS) is 9.73. The molecule has 1 aromatic carbocycles. The summed E-state index contributed by atoms with van der Waals surface area (Å²) >= 11 is 0. The van der Waals surface area contributed by atoms with Gasteiger partial charge in [-0.1, -0.05) is 41.1 Å². The van der Waals surface area contributed by atoms with Crippen molar-refractivity contribution in [1.82, 2.24) is 0 Å². The Morgan fingerprint density at radius 2 is 2.09 bits per heavy atom. The Morgan fingerprint density at radius 3 is 2.55 bits per heavy atom. The van der Waals surface area contributed by atoms with E-state index in [1.165, 1.54) is 11.1 Å². The zero-order chi connectivity index (χ0) is 8.43. The Bertz CT molecular complexity index is 287. The molecular weight excluding hydrogens is 148 g/mol. The van der Waals surface area contributed by atoms with Crippen LogP contribution in [0.1, 0.15) is 18.1 Å². The fourth-order valence-corrected chi connectivity index (χ4v) is 1.40. The lowest BCUT2D eigenvalue weighted by Gasteiger charge is -2.06. The second-order valence-corrected chi connectivity index (χ2v) is 3.28. The maximum Gasteiger partial charge on any atom is 0.0724 e. The molecule has 0 atom stereocenters. The van der Waals surface area contributed by atoms with Crippen molar-refractivity contribution >= 4 is 21.0 Å². The third kappa shape index (κ3) is 1.60. The van der Waals surface area contributed by atoms with E-state index >= 15 is 0 Å². The van der Waals surface area contributed by atoms with Crippen LogP contribution < -0.4 is 5.19 Å². The maximum atomic E-state index is 3.90. The van der Waals surface area contributed by atoms with Crippen molar-refractivity contribution in [1.29, 1.82) is 0 Å². The first kappa shape index (κ1) is 8.28. The van der Waals surface area contributed by atoms with E-state index < -0.39 is 0 Å². The Labute approximate surface area is 71.4 Å². The molecule has 0 aliphatic heterocycles. The molecule has 1 aromatic rings. The molecule has 3 radical (unpaired) electrons. The third-order valence-electron chi connectivity index (χ3n) is 1.73. The Kier molecular flexibility index (Phi) is 2.30. The molecule has 0 aliphatic carbocycles. The summed E-state index contributed by atoms with van der Waals surface area (Å²) in [5.74, 6) is 0. The van der Waals surface area contributed by atoms with Crippen molar-refractivity contribution in [3.05, 3.63) is 35.9 Å². The molecule has 0 aliphatic rings. The predicted octanol–water partition coefficient (Wildman–Crippen LogP) is 1.82. The van der Waals surface area contributed by atoms with E-state index in [9.17, 15) is 0 Å². The molecule has 0 unspecified atom stereocenters. The third-order valence-corrected chi connectivity index (χ3v) is 2.40. The summed E-state index contributed by atoms with van der Waals surface area (Å²) in [4.78, 5) is 0. The summed E-state index contributed by atoms with van der Waals surface area (Å²) < 4.78 is 0. The van der Waals surface area contributed by atoms with E-state index in [1.807, 2.05) is 13.0 Å². The van der Waals surface area contributed by atoms with Crippen LogP contribution in [0.3, 0.4) is 0 Å². The average molecular weight is 159 g/mol. The largest absolute Gasteiger partial charge is 0.0955 e. The summed E-state index contributed by atoms with van der Waals surface area (Å²) in [6, 6.07) is 6.19. The molecule has 0 fully saturated rings. The van der Waals surface area contributed by atoms with Crippen LogP contribution in [0.5, 0.6) is 0 Å². The highest BCUT2D eigenvalue weighted by Crippen LogP contribution is 2.08. The first-order valence-electron chi connectivity index (χ1n) is 3.60. The molecule has 0 saturated heterocycles. The summed E-state index contributed by atoms with van der Waals surface area (Å²) in [5, 5.41) is 1.15. The van der Waals surface area contributed by atoms with Crippen molar-refractivity contribution in [2.45, 2.75) is 13.8 Å². The van der Waals surface area contributed by atoms with Crippen LogP contribution in [0.15, 0.2) is 24.8 Å². The first-order chi connectivity index (χ1) is 5.13. The maximum absolute atomic E-state index is 3.90. The van der Waals surface area contributed by atoms with Gasteiger partial charge < -0.3 is 0 Å². The van der Waals surface area contributed by atoms with Crippen molar-refractivity contribution in [2.24, 2.45) is 0 Å². The van der Waals surface area contributed by atoms with Gasteiger partial charge in [0, 0.05) is 0 Å². The number of hydrogen-bond donors (Lipinski definition) is 0. The van der Waals surface area contributed by atoms with Crippen LogP contribution in [-0.2, 0) is 0 Å². The van der Waals surface area contributed by atoms with E-state index in [-0.39, 0.29) is 0 Å². The summed E-state index contributed by atoms with van der Waals surface area (Å²) in [7, 11) is 3.57. The molecule has 1 heteroatoms. The minimum Gasteiger partial charge on any atom is -0.0955 e. The number of aryl methyl sites for hydroxylation is 1. The van der Waals surface area contributed by atoms with Crippen molar-refractivity contribution in [3.63, 3.8) is 0 Å². The van der Waals surface area contributed by atoms with E-state index in [0.29, 0.717) is 0 Å². The molecule has 55 valence electrons. The topological polar surface area (TPSA) is 0 Å². The van der Waals surface area contributed by atoms with E-state index in [2.05, 4.69) is 35.9 Å². The number of rotatable bonds is 1. The van der Waals surface area contributed by atoms with Crippen molar-refractivity contribution in [3.8, 4) is 0 Å². The van der Waals surface area contributed by atoms with Crippen molar-refractivity contribution in [2.75, 3.05) is 0 Å². The van der Waals surface area contributed by atoms with Gasteiger partial charge >= 0.3 is 0 Å². The van der Waals surface area contributed by atoms with Crippen LogP contribution in [0, 0.1) is 6.92 Å². The predicted molar refractivity (Wildman–Crippen MR) is 51.3 cm³/mol. The summed E-state index contributed by atoms with van der Waals surface area (Å²) in [6.07, 6.45) is 0. The zero-order valence-electron chi connectivity index (χ0n) is 6.94. The number of benzene rings is 1. The SMILES string of the molecule is C=C(C)c1cccc(C)c1[Si]. The second kappa shape index (κ2) is 3.05. The summed E-state index contributed by atoms with van der Waals surface area (Å²) in [6.45, 7) is 7.99. The fourth-order valence-electron chi connectivity index (χ4n) is 1.02. The van der Waals surface area contributed by atoms with Crippen LogP contribution in [0.2, 0.25) is 0 Å². The highest BCUT2D eigenvalue weighted by molar-refractivity contribution is 6.35. The van der Waals surface area contributed by atoms with Gasteiger partial charge in [0.05, 0.1) is 10.2 Å². The highest BCUT2D eigenvalue weighted by atomic mass is 28.1. The van der Waals surface area contributed by atoms with Gasteiger partial charge in [-0.15, -0.1) is 0 Å². The first-order valence-corrected chi connectivity index (χ1v) is 4.10. The summed E-state index contributed by atoms with van der Waals surface area (Å²) in [5.41, 5.74) is 3.54. The van der Waals surface area contributed by atoms with Gasteiger partial charge in [-0.25, -0.2) is 0 Å². The fraction of sp³-hybridized carbons (Fsp3) is 0.200. The van der Waals surface area contributed by atoms with Crippen LogP contribution in [0.4, 0.5) is 0 Å². The van der Waals surface area contributed by atoms with Gasteiger partial charge in [-0.05, 0) is 19.4 Å². The Hall–Kier alpha value is -0.823. The Morgan fingerprint density at radius 1 is 1.45 bits per heavy atom. The molecule has 0 saturated carbocycles. The smallest absolute Gasteiger partial charge is 0.0724 e. The van der Waals surface area contributed by atoms with Gasteiger partial charge in [-0.3, -0.25) is 0 Å². The minimum atomic E-state index is 1.10. The highest BCUT2D eigenvalue weighted by Gasteiger charge is 1.99. The van der Waals surface area contributed by atoms with Crippen LogP contribution >= 0.6 is 0 Å². The van der Waals surface area contributed by atoms with E-state index in [0.717, 1.165) is 10.8 Å².